The van der Waals surface area contributed by atoms with Crippen molar-refractivity contribution in [3.8, 4) is 16.9 Å². The molecular formula is C19H23NO. The highest BCUT2D eigenvalue weighted by molar-refractivity contribution is 5.75. The van der Waals surface area contributed by atoms with Crippen LogP contribution in [0.4, 0.5) is 0 Å². The minimum absolute atomic E-state index is 0.485. The van der Waals surface area contributed by atoms with Crippen molar-refractivity contribution in [2.45, 2.75) is 39.3 Å². The summed E-state index contributed by atoms with van der Waals surface area (Å²) in [5.41, 5.74) is 5.18. The van der Waals surface area contributed by atoms with Crippen LogP contribution >= 0.6 is 0 Å². The number of benzene rings is 2. The monoisotopic (exact) mass is 281 g/mol. The number of aryl methyl sites for hydroxylation is 1. The standard InChI is InChI=1S/C19H23NO/c1-14(2)20-13-16-7-3-4-10-17(16)18-11-5-8-15-9-6-12-21-19(15)18/h3-5,7-8,10-11,14,20H,6,9,12-13H2,1-2H3. The summed E-state index contributed by atoms with van der Waals surface area (Å²) in [4.78, 5) is 0. The van der Waals surface area contributed by atoms with Gasteiger partial charge >= 0.3 is 0 Å². The summed E-state index contributed by atoms with van der Waals surface area (Å²) in [5, 5.41) is 3.51. The van der Waals surface area contributed by atoms with Crippen molar-refractivity contribution in [2.75, 3.05) is 6.61 Å². The molecule has 21 heavy (non-hydrogen) atoms. The van der Waals surface area contributed by atoms with Gasteiger partial charge in [-0.1, -0.05) is 56.3 Å². The van der Waals surface area contributed by atoms with Crippen molar-refractivity contribution in [3.05, 3.63) is 53.6 Å². The van der Waals surface area contributed by atoms with Gasteiger partial charge in [0.2, 0.25) is 0 Å². The van der Waals surface area contributed by atoms with Crippen molar-refractivity contribution < 1.29 is 4.74 Å². The first kappa shape index (κ1) is 14.2. The van der Waals surface area contributed by atoms with E-state index >= 15 is 0 Å². The second kappa shape index (κ2) is 6.31. The van der Waals surface area contributed by atoms with Crippen LogP contribution in [0, 0.1) is 0 Å². The largest absolute Gasteiger partial charge is 0.493 e. The average Bonchev–Trinajstić information content (AvgIpc) is 2.53. The molecule has 0 aliphatic carbocycles. The lowest BCUT2D eigenvalue weighted by Crippen LogP contribution is -2.22. The highest BCUT2D eigenvalue weighted by Gasteiger charge is 2.17. The molecule has 0 atom stereocenters. The fourth-order valence-electron chi connectivity index (χ4n) is 2.85. The molecule has 3 rings (SSSR count). The van der Waals surface area contributed by atoms with Gasteiger partial charge in [-0.25, -0.2) is 0 Å². The third-order valence-corrected chi connectivity index (χ3v) is 3.94. The van der Waals surface area contributed by atoms with Gasteiger partial charge in [0.05, 0.1) is 6.61 Å². The molecule has 1 heterocycles. The molecule has 0 spiro atoms. The molecule has 2 aromatic rings. The molecule has 0 saturated heterocycles. The van der Waals surface area contributed by atoms with Crippen LogP contribution in [0.2, 0.25) is 0 Å². The smallest absolute Gasteiger partial charge is 0.130 e. The Labute approximate surface area is 127 Å². The van der Waals surface area contributed by atoms with Crippen molar-refractivity contribution in [3.63, 3.8) is 0 Å². The molecule has 0 radical (unpaired) electrons. The van der Waals surface area contributed by atoms with Crippen molar-refractivity contribution in [1.29, 1.82) is 0 Å². The van der Waals surface area contributed by atoms with E-state index in [0.717, 1.165) is 31.7 Å². The van der Waals surface area contributed by atoms with E-state index in [1.54, 1.807) is 0 Å². The van der Waals surface area contributed by atoms with E-state index in [1.165, 1.54) is 22.3 Å². The molecule has 1 aliphatic heterocycles. The first-order chi connectivity index (χ1) is 10.3. The fraction of sp³-hybridized carbons (Fsp3) is 0.368. The zero-order valence-corrected chi connectivity index (χ0v) is 12.9. The maximum Gasteiger partial charge on any atom is 0.130 e. The molecule has 110 valence electrons. The SMILES string of the molecule is CC(C)NCc1ccccc1-c1cccc2c1OCCC2. The van der Waals surface area contributed by atoms with Gasteiger partial charge in [0.1, 0.15) is 5.75 Å². The van der Waals surface area contributed by atoms with Crippen LogP contribution < -0.4 is 10.1 Å². The molecule has 1 aliphatic rings. The number of fused-ring (bicyclic) bond motifs is 1. The van der Waals surface area contributed by atoms with Crippen LogP contribution in [0.25, 0.3) is 11.1 Å². The van der Waals surface area contributed by atoms with Crippen LogP contribution in [0.5, 0.6) is 5.75 Å². The van der Waals surface area contributed by atoms with E-state index in [0.29, 0.717) is 6.04 Å². The Bertz CT molecular complexity index is 619. The summed E-state index contributed by atoms with van der Waals surface area (Å²) in [7, 11) is 0. The van der Waals surface area contributed by atoms with Gasteiger partial charge in [0, 0.05) is 18.2 Å². The number of rotatable bonds is 4. The number of hydrogen-bond donors (Lipinski definition) is 1. The zero-order valence-electron chi connectivity index (χ0n) is 12.9. The minimum Gasteiger partial charge on any atom is -0.493 e. The Balaban J connectivity index is 2.01. The van der Waals surface area contributed by atoms with E-state index in [4.69, 9.17) is 4.74 Å². The third kappa shape index (κ3) is 3.11. The Hall–Kier alpha value is -1.80. The van der Waals surface area contributed by atoms with Crippen molar-refractivity contribution in [2.24, 2.45) is 0 Å². The lowest BCUT2D eigenvalue weighted by Gasteiger charge is -2.22. The maximum absolute atomic E-state index is 5.97. The molecule has 2 aromatic carbocycles. The Morgan fingerprint density at radius 2 is 1.86 bits per heavy atom. The quantitative estimate of drug-likeness (QED) is 0.908. The number of nitrogens with one attached hydrogen (secondary N) is 1. The fourth-order valence-corrected chi connectivity index (χ4v) is 2.85. The maximum atomic E-state index is 5.97. The molecule has 0 saturated carbocycles. The second-order valence-corrected chi connectivity index (χ2v) is 5.94. The lowest BCUT2D eigenvalue weighted by atomic mass is 9.94. The Morgan fingerprint density at radius 3 is 2.71 bits per heavy atom. The van der Waals surface area contributed by atoms with Gasteiger partial charge in [0.15, 0.2) is 0 Å². The Morgan fingerprint density at radius 1 is 1.05 bits per heavy atom. The molecule has 2 heteroatoms. The van der Waals surface area contributed by atoms with Gasteiger partial charge in [-0.05, 0) is 29.5 Å². The molecule has 0 aromatic heterocycles. The molecule has 0 bridgehead atoms. The van der Waals surface area contributed by atoms with E-state index in [2.05, 4.69) is 61.6 Å². The zero-order chi connectivity index (χ0) is 14.7. The molecule has 0 unspecified atom stereocenters. The molecule has 2 nitrogen and oxygen atoms in total. The van der Waals surface area contributed by atoms with Gasteiger partial charge in [-0.2, -0.15) is 0 Å². The summed E-state index contributed by atoms with van der Waals surface area (Å²) in [6, 6.07) is 15.6. The first-order valence-corrected chi connectivity index (χ1v) is 7.82. The van der Waals surface area contributed by atoms with Crippen LogP contribution in [-0.2, 0) is 13.0 Å². The Kier molecular flexibility index (Phi) is 4.26. The van der Waals surface area contributed by atoms with Crippen molar-refractivity contribution >= 4 is 0 Å². The molecular weight excluding hydrogens is 258 g/mol. The van der Waals surface area contributed by atoms with Crippen LogP contribution in [0.3, 0.4) is 0 Å². The average molecular weight is 281 g/mol. The molecule has 0 amide bonds. The first-order valence-electron chi connectivity index (χ1n) is 7.82. The summed E-state index contributed by atoms with van der Waals surface area (Å²) in [6.07, 6.45) is 2.24. The summed E-state index contributed by atoms with van der Waals surface area (Å²) >= 11 is 0. The number of ether oxygens (including phenoxy) is 1. The van der Waals surface area contributed by atoms with Gasteiger partial charge in [-0.3, -0.25) is 0 Å². The molecule has 1 N–H and O–H groups in total. The van der Waals surface area contributed by atoms with Gasteiger partial charge in [0.25, 0.3) is 0 Å². The predicted molar refractivity (Wildman–Crippen MR) is 87.7 cm³/mol. The third-order valence-electron chi connectivity index (χ3n) is 3.94. The minimum atomic E-state index is 0.485. The number of para-hydroxylation sites is 1. The summed E-state index contributed by atoms with van der Waals surface area (Å²) in [6.45, 7) is 6.07. The summed E-state index contributed by atoms with van der Waals surface area (Å²) < 4.78 is 5.97. The lowest BCUT2D eigenvalue weighted by molar-refractivity contribution is 0.289. The van der Waals surface area contributed by atoms with Crippen LogP contribution in [0.15, 0.2) is 42.5 Å². The van der Waals surface area contributed by atoms with Gasteiger partial charge < -0.3 is 10.1 Å². The second-order valence-electron chi connectivity index (χ2n) is 5.94. The topological polar surface area (TPSA) is 21.3 Å². The van der Waals surface area contributed by atoms with E-state index in [1.807, 2.05) is 0 Å². The number of hydrogen-bond acceptors (Lipinski definition) is 2. The van der Waals surface area contributed by atoms with Gasteiger partial charge in [-0.15, -0.1) is 0 Å². The molecule has 0 fully saturated rings. The van der Waals surface area contributed by atoms with E-state index < -0.39 is 0 Å². The predicted octanol–water partition coefficient (Wildman–Crippen LogP) is 4.18. The van der Waals surface area contributed by atoms with E-state index in [-0.39, 0.29) is 0 Å². The van der Waals surface area contributed by atoms with Crippen LogP contribution in [0.1, 0.15) is 31.4 Å². The highest BCUT2D eigenvalue weighted by atomic mass is 16.5. The highest BCUT2D eigenvalue weighted by Crippen LogP contribution is 2.37. The van der Waals surface area contributed by atoms with Crippen LogP contribution in [-0.4, -0.2) is 12.6 Å². The van der Waals surface area contributed by atoms with E-state index in [9.17, 15) is 0 Å². The normalized spacial score (nSPS) is 13.9. The van der Waals surface area contributed by atoms with Crippen molar-refractivity contribution in [1.82, 2.24) is 5.32 Å². The summed E-state index contributed by atoms with van der Waals surface area (Å²) in [5.74, 6) is 1.08.